The van der Waals surface area contributed by atoms with E-state index in [4.69, 9.17) is 14.2 Å². The monoisotopic (exact) mass is 419 g/mol. The topological polar surface area (TPSA) is 108 Å². The minimum atomic E-state index is -3.40. The Morgan fingerprint density at radius 1 is 1.00 bits per heavy atom. The van der Waals surface area contributed by atoms with E-state index < -0.39 is 28.4 Å². The Morgan fingerprint density at radius 3 is 2.24 bits per heavy atom. The summed E-state index contributed by atoms with van der Waals surface area (Å²) in [5.74, 6) is -0.00477. The standard InChI is InChI=1S/C20H21NO7S/c1-26-18-10-4-14(12-19(18)27-2)5-11-20(23)28-13-17(22)15-6-8-16(9-7-15)21-29(3,24)25/h4-12,21H,13H2,1-3H3/b11-5+. The summed E-state index contributed by atoms with van der Waals surface area (Å²) in [5, 5.41) is 0. The van der Waals surface area contributed by atoms with Crippen molar-refractivity contribution >= 4 is 33.5 Å². The molecule has 0 atom stereocenters. The van der Waals surface area contributed by atoms with Gasteiger partial charge in [0.1, 0.15) is 0 Å². The molecule has 29 heavy (non-hydrogen) atoms. The fourth-order valence-electron chi connectivity index (χ4n) is 2.33. The van der Waals surface area contributed by atoms with Gasteiger partial charge in [-0.2, -0.15) is 0 Å². The van der Waals surface area contributed by atoms with Crippen LogP contribution in [-0.2, 0) is 19.6 Å². The van der Waals surface area contributed by atoms with Crippen LogP contribution in [0.1, 0.15) is 15.9 Å². The maximum absolute atomic E-state index is 12.1. The average molecular weight is 419 g/mol. The van der Waals surface area contributed by atoms with Crippen LogP contribution in [0.15, 0.2) is 48.5 Å². The fourth-order valence-corrected chi connectivity index (χ4v) is 2.89. The second-order valence-electron chi connectivity index (χ2n) is 5.93. The van der Waals surface area contributed by atoms with Crippen molar-refractivity contribution in [1.82, 2.24) is 0 Å². The van der Waals surface area contributed by atoms with Crippen LogP contribution in [0.5, 0.6) is 11.5 Å². The second-order valence-corrected chi connectivity index (χ2v) is 7.68. The van der Waals surface area contributed by atoms with Crippen LogP contribution in [0.3, 0.4) is 0 Å². The molecule has 0 aliphatic rings. The van der Waals surface area contributed by atoms with Crippen LogP contribution in [0, 0.1) is 0 Å². The van der Waals surface area contributed by atoms with Gasteiger partial charge in [-0.05, 0) is 48.0 Å². The average Bonchev–Trinajstić information content (AvgIpc) is 2.69. The molecule has 0 saturated carbocycles. The summed E-state index contributed by atoms with van der Waals surface area (Å²) in [7, 11) is -0.362. The number of ether oxygens (including phenoxy) is 3. The Balaban J connectivity index is 1.91. The Bertz CT molecular complexity index is 1010. The van der Waals surface area contributed by atoms with E-state index in [1.54, 1.807) is 18.2 Å². The molecule has 0 aliphatic heterocycles. The third kappa shape index (κ3) is 6.96. The van der Waals surface area contributed by atoms with Crippen molar-refractivity contribution in [2.45, 2.75) is 0 Å². The number of sulfonamides is 1. The normalized spacial score (nSPS) is 11.1. The number of Topliss-reactive ketones (excluding diaryl/α,β-unsaturated/α-hetero) is 1. The van der Waals surface area contributed by atoms with E-state index in [1.807, 2.05) is 0 Å². The predicted molar refractivity (Wildman–Crippen MR) is 109 cm³/mol. The Hall–Kier alpha value is -3.33. The molecule has 0 heterocycles. The zero-order valence-electron chi connectivity index (χ0n) is 16.2. The molecule has 1 N–H and O–H groups in total. The molecule has 0 bridgehead atoms. The van der Waals surface area contributed by atoms with Crippen molar-refractivity contribution in [1.29, 1.82) is 0 Å². The first kappa shape index (κ1) is 22.0. The number of hydrogen-bond donors (Lipinski definition) is 1. The van der Waals surface area contributed by atoms with E-state index in [-0.39, 0.29) is 0 Å². The zero-order chi connectivity index (χ0) is 21.4. The molecule has 0 amide bonds. The van der Waals surface area contributed by atoms with Crippen molar-refractivity contribution in [3.8, 4) is 11.5 Å². The maximum atomic E-state index is 12.1. The first-order valence-corrected chi connectivity index (χ1v) is 10.3. The second kappa shape index (κ2) is 9.74. The quantitative estimate of drug-likeness (QED) is 0.378. The van der Waals surface area contributed by atoms with Crippen molar-refractivity contribution in [3.63, 3.8) is 0 Å². The molecule has 0 aliphatic carbocycles. The molecule has 2 aromatic carbocycles. The maximum Gasteiger partial charge on any atom is 0.331 e. The van der Waals surface area contributed by atoms with Gasteiger partial charge in [0.15, 0.2) is 23.9 Å². The van der Waals surface area contributed by atoms with Gasteiger partial charge in [0, 0.05) is 17.3 Å². The van der Waals surface area contributed by atoms with Crippen molar-refractivity contribution in [3.05, 3.63) is 59.7 Å². The summed E-state index contributed by atoms with van der Waals surface area (Å²) in [5.41, 5.74) is 1.32. The van der Waals surface area contributed by atoms with Crippen LogP contribution >= 0.6 is 0 Å². The van der Waals surface area contributed by atoms with E-state index in [0.717, 1.165) is 6.26 Å². The number of methoxy groups -OCH3 is 2. The van der Waals surface area contributed by atoms with Gasteiger partial charge >= 0.3 is 5.97 Å². The number of rotatable bonds is 9. The Kier molecular flexibility index (Phi) is 7.38. The molecule has 154 valence electrons. The van der Waals surface area contributed by atoms with Gasteiger partial charge in [0.25, 0.3) is 0 Å². The summed E-state index contributed by atoms with van der Waals surface area (Å²) in [6, 6.07) is 10.9. The van der Waals surface area contributed by atoms with E-state index in [1.165, 1.54) is 50.6 Å². The van der Waals surface area contributed by atoms with Gasteiger partial charge in [-0.15, -0.1) is 0 Å². The number of hydrogen-bond acceptors (Lipinski definition) is 7. The number of nitrogens with one attached hydrogen (secondary N) is 1. The summed E-state index contributed by atoms with van der Waals surface area (Å²) in [4.78, 5) is 24.0. The van der Waals surface area contributed by atoms with E-state index in [2.05, 4.69) is 4.72 Å². The highest BCUT2D eigenvalue weighted by atomic mass is 32.2. The number of benzene rings is 2. The van der Waals surface area contributed by atoms with E-state index in [0.29, 0.717) is 28.3 Å². The minimum absolute atomic E-state index is 0.292. The molecule has 0 spiro atoms. The lowest BCUT2D eigenvalue weighted by atomic mass is 10.1. The van der Waals surface area contributed by atoms with Crippen molar-refractivity contribution in [2.24, 2.45) is 0 Å². The molecule has 0 aromatic heterocycles. The van der Waals surface area contributed by atoms with Gasteiger partial charge in [-0.25, -0.2) is 13.2 Å². The third-order valence-electron chi connectivity index (χ3n) is 3.68. The lowest BCUT2D eigenvalue weighted by molar-refractivity contribution is -0.136. The highest BCUT2D eigenvalue weighted by Crippen LogP contribution is 2.27. The number of carbonyl (C=O) groups excluding carboxylic acids is 2. The third-order valence-corrected chi connectivity index (χ3v) is 4.28. The van der Waals surface area contributed by atoms with Crippen LogP contribution < -0.4 is 14.2 Å². The van der Waals surface area contributed by atoms with Gasteiger partial charge in [0.2, 0.25) is 10.0 Å². The van der Waals surface area contributed by atoms with Crippen LogP contribution in [-0.4, -0.2) is 47.3 Å². The molecule has 8 nitrogen and oxygen atoms in total. The fraction of sp³-hybridized carbons (Fsp3) is 0.200. The highest BCUT2D eigenvalue weighted by Gasteiger charge is 2.10. The van der Waals surface area contributed by atoms with Gasteiger partial charge in [-0.1, -0.05) is 6.07 Å². The first-order valence-electron chi connectivity index (χ1n) is 8.40. The molecule has 0 radical (unpaired) electrons. The summed E-state index contributed by atoms with van der Waals surface area (Å²) in [6.45, 7) is -0.437. The molecule has 0 unspecified atom stereocenters. The molecule has 2 aromatic rings. The van der Waals surface area contributed by atoms with Gasteiger partial charge < -0.3 is 14.2 Å². The van der Waals surface area contributed by atoms with Gasteiger partial charge in [0.05, 0.1) is 20.5 Å². The number of anilines is 1. The first-order chi connectivity index (χ1) is 13.7. The molecular weight excluding hydrogens is 398 g/mol. The summed E-state index contributed by atoms with van der Waals surface area (Å²) >= 11 is 0. The Morgan fingerprint density at radius 2 is 1.66 bits per heavy atom. The zero-order valence-corrected chi connectivity index (χ0v) is 17.0. The molecular formula is C20H21NO7S. The molecule has 0 saturated heterocycles. The number of ketones is 1. The van der Waals surface area contributed by atoms with Gasteiger partial charge in [-0.3, -0.25) is 9.52 Å². The smallest absolute Gasteiger partial charge is 0.331 e. The molecule has 9 heteroatoms. The molecule has 0 fully saturated rings. The van der Waals surface area contributed by atoms with Crippen LogP contribution in [0.25, 0.3) is 6.08 Å². The van der Waals surface area contributed by atoms with E-state index >= 15 is 0 Å². The summed E-state index contributed by atoms with van der Waals surface area (Å²) < 4.78 is 39.9. The van der Waals surface area contributed by atoms with Crippen LogP contribution in [0.4, 0.5) is 5.69 Å². The SMILES string of the molecule is COc1ccc(/C=C/C(=O)OCC(=O)c2ccc(NS(C)(=O)=O)cc2)cc1OC. The highest BCUT2D eigenvalue weighted by molar-refractivity contribution is 7.92. The number of esters is 1. The minimum Gasteiger partial charge on any atom is -0.493 e. The van der Waals surface area contributed by atoms with Crippen molar-refractivity contribution in [2.75, 3.05) is 31.8 Å². The largest absolute Gasteiger partial charge is 0.493 e. The predicted octanol–water partition coefficient (Wildman–Crippen LogP) is 2.51. The summed E-state index contributed by atoms with van der Waals surface area (Å²) in [6.07, 6.45) is 3.76. The van der Waals surface area contributed by atoms with Crippen molar-refractivity contribution < 1.29 is 32.2 Å². The van der Waals surface area contributed by atoms with Crippen LogP contribution in [0.2, 0.25) is 0 Å². The lowest BCUT2D eigenvalue weighted by Gasteiger charge is -2.07. The number of carbonyl (C=O) groups is 2. The van der Waals surface area contributed by atoms with E-state index in [9.17, 15) is 18.0 Å². The lowest BCUT2D eigenvalue weighted by Crippen LogP contribution is -2.13. The molecule has 2 rings (SSSR count). The Labute approximate surface area is 169 Å².